The molecule has 1 saturated carbocycles. The summed E-state index contributed by atoms with van der Waals surface area (Å²) in [5.74, 6) is 0.805. The van der Waals surface area contributed by atoms with Gasteiger partial charge in [0.1, 0.15) is 21.4 Å². The number of aliphatic imine (C=N–C) groups is 1. The lowest BCUT2D eigenvalue weighted by Gasteiger charge is -2.30. The van der Waals surface area contributed by atoms with E-state index in [0.717, 1.165) is 58.8 Å². The van der Waals surface area contributed by atoms with Gasteiger partial charge in [0, 0.05) is 17.5 Å². The Balaban J connectivity index is 1.59. The summed E-state index contributed by atoms with van der Waals surface area (Å²) in [7, 11) is 1.66. The van der Waals surface area contributed by atoms with Gasteiger partial charge < -0.3 is 9.64 Å². The number of hydrogen-bond donors (Lipinski definition) is 0. The third-order valence-electron chi connectivity index (χ3n) is 6.17. The molecule has 7 heteroatoms. The van der Waals surface area contributed by atoms with E-state index < -0.39 is 0 Å². The van der Waals surface area contributed by atoms with Crippen LogP contribution in [-0.2, 0) is 4.79 Å². The van der Waals surface area contributed by atoms with E-state index in [2.05, 4.69) is 36.1 Å². The van der Waals surface area contributed by atoms with Crippen molar-refractivity contribution < 1.29 is 9.53 Å². The van der Waals surface area contributed by atoms with Crippen LogP contribution in [0.25, 0.3) is 0 Å². The molecule has 0 unspecified atom stereocenters. The molecule has 1 aliphatic carbocycles. The van der Waals surface area contributed by atoms with Crippen LogP contribution in [0.5, 0.6) is 5.75 Å². The number of amides is 1. The Morgan fingerprint density at radius 2 is 1.78 bits per heavy atom. The fourth-order valence-electron chi connectivity index (χ4n) is 4.60. The standard InChI is InChI=1S/C25H27N3O2S2/c1-3-27-19-14-8-10-16-21(19)31-24(27)22-23(29)28(17-11-5-4-6-12-17)25(32-22)26-18-13-7-9-15-20(18)30-2/h7-10,13-17H,3-6,11-12H2,1-2H3. The Kier molecular flexibility index (Phi) is 6.20. The number of carbonyl (C=O) groups excluding carboxylic acids is 1. The average molecular weight is 466 g/mol. The molecule has 5 rings (SSSR count). The highest BCUT2D eigenvalue weighted by Gasteiger charge is 2.42. The van der Waals surface area contributed by atoms with E-state index in [1.54, 1.807) is 18.9 Å². The number of thioether (sulfide) groups is 2. The van der Waals surface area contributed by atoms with E-state index in [-0.39, 0.29) is 11.9 Å². The number of para-hydroxylation sites is 3. The molecule has 2 heterocycles. The van der Waals surface area contributed by atoms with Crippen LogP contribution in [0.3, 0.4) is 0 Å². The molecular formula is C25H27N3O2S2. The van der Waals surface area contributed by atoms with Crippen LogP contribution < -0.4 is 9.64 Å². The van der Waals surface area contributed by atoms with Crippen LogP contribution in [0, 0.1) is 0 Å². The number of anilines is 1. The number of nitrogens with zero attached hydrogens (tertiary/aromatic N) is 3. The monoisotopic (exact) mass is 465 g/mol. The number of fused-ring (bicyclic) bond motifs is 1. The Labute approximate surface area is 197 Å². The summed E-state index contributed by atoms with van der Waals surface area (Å²) >= 11 is 3.20. The summed E-state index contributed by atoms with van der Waals surface area (Å²) < 4.78 is 5.52. The van der Waals surface area contributed by atoms with Gasteiger partial charge in [-0.15, -0.1) is 0 Å². The van der Waals surface area contributed by atoms with Gasteiger partial charge in [-0.2, -0.15) is 0 Å². The predicted octanol–water partition coefficient (Wildman–Crippen LogP) is 6.39. The minimum Gasteiger partial charge on any atom is -0.494 e. The first kappa shape index (κ1) is 21.5. The number of carbonyl (C=O) groups is 1. The zero-order valence-corrected chi connectivity index (χ0v) is 20.0. The number of hydrogen-bond acceptors (Lipinski definition) is 6. The topological polar surface area (TPSA) is 45.1 Å². The van der Waals surface area contributed by atoms with E-state index >= 15 is 0 Å². The highest BCUT2D eigenvalue weighted by molar-refractivity contribution is 8.19. The molecule has 166 valence electrons. The summed E-state index contributed by atoms with van der Waals surface area (Å²) in [6.45, 7) is 2.95. The normalized spacial score (nSPS) is 22.7. The lowest BCUT2D eigenvalue weighted by atomic mass is 9.94. The number of rotatable bonds is 4. The lowest BCUT2D eigenvalue weighted by Crippen LogP contribution is -2.40. The second kappa shape index (κ2) is 9.24. The van der Waals surface area contributed by atoms with E-state index in [9.17, 15) is 4.79 Å². The molecular weight excluding hydrogens is 438 g/mol. The Hall–Kier alpha value is -2.38. The van der Waals surface area contributed by atoms with Crippen LogP contribution in [0.1, 0.15) is 39.0 Å². The molecule has 0 atom stereocenters. The second-order valence-corrected chi connectivity index (χ2v) is 10.1. The van der Waals surface area contributed by atoms with Crippen molar-refractivity contribution >= 4 is 46.0 Å². The summed E-state index contributed by atoms with van der Waals surface area (Å²) in [5, 5.41) is 1.79. The number of methoxy groups -OCH3 is 1. The first-order valence-electron chi connectivity index (χ1n) is 11.2. The van der Waals surface area contributed by atoms with Crippen LogP contribution >= 0.6 is 23.5 Å². The van der Waals surface area contributed by atoms with Gasteiger partial charge in [-0.25, -0.2) is 4.99 Å². The summed E-state index contributed by atoms with van der Waals surface area (Å²) in [6.07, 6.45) is 5.63. The third kappa shape index (κ3) is 3.82. The van der Waals surface area contributed by atoms with Crippen molar-refractivity contribution in [3.8, 4) is 5.75 Å². The third-order valence-corrected chi connectivity index (χ3v) is 8.53. The van der Waals surface area contributed by atoms with Crippen molar-refractivity contribution in [3.63, 3.8) is 0 Å². The van der Waals surface area contributed by atoms with E-state index in [4.69, 9.17) is 9.73 Å². The average Bonchev–Trinajstić information content (AvgIpc) is 3.36. The summed E-state index contributed by atoms with van der Waals surface area (Å²) in [6, 6.07) is 16.3. The zero-order valence-electron chi connectivity index (χ0n) is 18.4. The second-order valence-electron chi connectivity index (χ2n) is 8.08. The van der Waals surface area contributed by atoms with Gasteiger partial charge in [0.25, 0.3) is 5.91 Å². The molecule has 0 N–H and O–H groups in total. The highest BCUT2D eigenvalue weighted by atomic mass is 32.2. The van der Waals surface area contributed by atoms with Gasteiger partial charge in [-0.05, 0) is 55.8 Å². The molecule has 2 aromatic carbocycles. The molecule has 1 saturated heterocycles. The van der Waals surface area contributed by atoms with Gasteiger partial charge in [0.05, 0.1) is 12.8 Å². The van der Waals surface area contributed by atoms with Crippen molar-refractivity contribution in [1.29, 1.82) is 0 Å². The van der Waals surface area contributed by atoms with Crippen LogP contribution in [-0.4, -0.2) is 35.7 Å². The molecule has 2 aliphatic heterocycles. The van der Waals surface area contributed by atoms with Gasteiger partial charge >= 0.3 is 0 Å². The molecule has 2 aromatic rings. The fraction of sp³-hybridized carbons (Fsp3) is 0.360. The molecule has 3 aliphatic rings. The lowest BCUT2D eigenvalue weighted by molar-refractivity contribution is -0.124. The maximum Gasteiger partial charge on any atom is 0.269 e. The first-order valence-corrected chi connectivity index (χ1v) is 12.9. The van der Waals surface area contributed by atoms with Crippen molar-refractivity contribution in [2.24, 2.45) is 4.99 Å². The molecule has 0 radical (unpaired) electrons. The molecule has 5 nitrogen and oxygen atoms in total. The minimum absolute atomic E-state index is 0.0873. The maximum absolute atomic E-state index is 13.9. The first-order chi connectivity index (χ1) is 15.7. The smallest absolute Gasteiger partial charge is 0.269 e. The van der Waals surface area contributed by atoms with Gasteiger partial charge in [-0.3, -0.25) is 9.69 Å². The summed E-state index contributed by atoms with van der Waals surface area (Å²) in [4.78, 5) is 25.0. The molecule has 0 spiro atoms. The van der Waals surface area contributed by atoms with E-state index in [0.29, 0.717) is 0 Å². The van der Waals surface area contributed by atoms with Crippen LogP contribution in [0.2, 0.25) is 0 Å². The largest absolute Gasteiger partial charge is 0.494 e. The molecule has 1 amide bonds. The molecule has 2 fully saturated rings. The van der Waals surface area contributed by atoms with Crippen molar-refractivity contribution in [1.82, 2.24) is 4.90 Å². The van der Waals surface area contributed by atoms with Crippen LogP contribution in [0.4, 0.5) is 11.4 Å². The molecule has 0 aromatic heterocycles. The van der Waals surface area contributed by atoms with Gasteiger partial charge in [-0.1, -0.05) is 55.3 Å². The van der Waals surface area contributed by atoms with Crippen molar-refractivity contribution in [3.05, 3.63) is 58.5 Å². The SMILES string of the molecule is CCN1C(=C2SC(=Nc3ccccc3OC)N(C3CCCCC3)C2=O)Sc2ccccc21. The highest BCUT2D eigenvalue weighted by Crippen LogP contribution is 2.51. The Morgan fingerprint density at radius 3 is 2.56 bits per heavy atom. The van der Waals surface area contributed by atoms with Crippen LogP contribution in [0.15, 0.2) is 68.4 Å². The van der Waals surface area contributed by atoms with Crippen molar-refractivity contribution in [2.75, 3.05) is 18.6 Å². The predicted molar refractivity (Wildman–Crippen MR) is 134 cm³/mol. The number of amidine groups is 1. The Morgan fingerprint density at radius 1 is 1.03 bits per heavy atom. The van der Waals surface area contributed by atoms with Crippen molar-refractivity contribution in [2.45, 2.75) is 50.0 Å². The number of benzene rings is 2. The zero-order chi connectivity index (χ0) is 22.1. The minimum atomic E-state index is 0.0873. The fourth-order valence-corrected chi connectivity index (χ4v) is 7.04. The maximum atomic E-state index is 13.9. The van der Waals surface area contributed by atoms with E-state index in [1.165, 1.54) is 28.8 Å². The number of ether oxygens (including phenoxy) is 1. The molecule has 0 bridgehead atoms. The Bertz CT molecular complexity index is 1090. The van der Waals surface area contributed by atoms with E-state index in [1.807, 2.05) is 29.2 Å². The van der Waals surface area contributed by atoms with Gasteiger partial charge in [0.2, 0.25) is 0 Å². The quantitative estimate of drug-likeness (QED) is 0.490. The molecule has 32 heavy (non-hydrogen) atoms. The van der Waals surface area contributed by atoms with Gasteiger partial charge in [0.15, 0.2) is 5.17 Å². The summed E-state index contributed by atoms with van der Waals surface area (Å²) in [5.41, 5.74) is 1.93.